The number of carbonyl (C=O) groups excluding carboxylic acids is 3. The molecular formula is C16H19NO6. The van der Waals surface area contributed by atoms with E-state index in [1.54, 1.807) is 6.92 Å². The number of nitrogens with zero attached hydrogens (tertiary/aromatic N) is 1. The molecule has 0 N–H and O–H groups in total. The van der Waals surface area contributed by atoms with Gasteiger partial charge in [-0.15, -0.1) is 0 Å². The van der Waals surface area contributed by atoms with Gasteiger partial charge >= 0.3 is 5.97 Å². The highest BCUT2D eigenvalue weighted by molar-refractivity contribution is 6.04. The van der Waals surface area contributed by atoms with Gasteiger partial charge in [0.1, 0.15) is 12.8 Å². The predicted octanol–water partition coefficient (Wildman–Crippen LogP) is 1.57. The molecule has 1 unspecified atom stereocenters. The Morgan fingerprint density at radius 1 is 1.43 bits per heavy atom. The summed E-state index contributed by atoms with van der Waals surface area (Å²) in [5, 5.41) is 0. The number of ether oxygens (including phenoxy) is 3. The molecule has 124 valence electrons. The highest BCUT2D eigenvalue weighted by atomic mass is 16.5. The summed E-state index contributed by atoms with van der Waals surface area (Å²) in [6.45, 7) is 3.51. The van der Waals surface area contributed by atoms with Crippen molar-refractivity contribution >= 4 is 23.9 Å². The van der Waals surface area contributed by atoms with E-state index >= 15 is 0 Å². The highest BCUT2D eigenvalue weighted by Gasteiger charge is 2.35. The van der Waals surface area contributed by atoms with Crippen LogP contribution in [0, 0.1) is 0 Å². The number of hydrogen-bond acceptors (Lipinski definition) is 6. The Balaban J connectivity index is 2.41. The Morgan fingerprint density at radius 2 is 2.17 bits per heavy atom. The topological polar surface area (TPSA) is 82.1 Å². The van der Waals surface area contributed by atoms with Crippen LogP contribution in [0.3, 0.4) is 0 Å². The van der Waals surface area contributed by atoms with E-state index in [9.17, 15) is 14.4 Å². The summed E-state index contributed by atoms with van der Waals surface area (Å²) in [6.07, 6.45) is 0.565. The maximum absolute atomic E-state index is 12.4. The van der Waals surface area contributed by atoms with Gasteiger partial charge in [-0.05, 0) is 25.5 Å². The molecule has 0 radical (unpaired) electrons. The molecule has 1 aromatic carbocycles. The average molecular weight is 321 g/mol. The summed E-state index contributed by atoms with van der Waals surface area (Å²) in [4.78, 5) is 36.6. The number of carbonyl (C=O) groups is 3. The summed E-state index contributed by atoms with van der Waals surface area (Å²) >= 11 is 0. The van der Waals surface area contributed by atoms with Crippen LogP contribution in [0.1, 0.15) is 30.6 Å². The van der Waals surface area contributed by atoms with Crippen molar-refractivity contribution in [2.45, 2.75) is 26.4 Å². The Hall–Kier alpha value is -2.57. The zero-order valence-corrected chi connectivity index (χ0v) is 13.3. The lowest BCUT2D eigenvalue weighted by Crippen LogP contribution is -2.47. The Bertz CT molecular complexity index is 627. The molecule has 0 saturated carbocycles. The molecule has 1 heterocycles. The summed E-state index contributed by atoms with van der Waals surface area (Å²) in [7, 11) is 1.44. The molecule has 0 bridgehead atoms. The summed E-state index contributed by atoms with van der Waals surface area (Å²) in [5.74, 6) is -0.240. The lowest BCUT2D eigenvalue weighted by molar-refractivity contribution is -0.143. The first-order valence-corrected chi connectivity index (χ1v) is 7.32. The van der Waals surface area contributed by atoms with Gasteiger partial charge in [-0.2, -0.15) is 0 Å². The van der Waals surface area contributed by atoms with Crippen LogP contribution in [0.5, 0.6) is 11.5 Å². The quantitative estimate of drug-likeness (QED) is 0.584. The van der Waals surface area contributed by atoms with Crippen molar-refractivity contribution in [1.82, 2.24) is 0 Å². The third kappa shape index (κ3) is 3.44. The monoisotopic (exact) mass is 321 g/mol. The fourth-order valence-electron chi connectivity index (χ4n) is 2.27. The van der Waals surface area contributed by atoms with Crippen molar-refractivity contribution in [3.63, 3.8) is 0 Å². The molecule has 1 amide bonds. The van der Waals surface area contributed by atoms with E-state index in [2.05, 4.69) is 0 Å². The van der Waals surface area contributed by atoms with Crippen molar-refractivity contribution in [1.29, 1.82) is 0 Å². The zero-order chi connectivity index (χ0) is 17.0. The number of esters is 1. The van der Waals surface area contributed by atoms with Gasteiger partial charge < -0.3 is 14.2 Å². The number of benzene rings is 1. The van der Waals surface area contributed by atoms with Crippen LogP contribution < -0.4 is 14.4 Å². The number of methoxy groups -OCH3 is 1. The smallest absolute Gasteiger partial charge is 0.326 e. The Labute approximate surface area is 134 Å². The fraction of sp³-hybridized carbons (Fsp3) is 0.438. The fourth-order valence-corrected chi connectivity index (χ4v) is 2.27. The van der Waals surface area contributed by atoms with Crippen molar-refractivity contribution in [3.8, 4) is 11.5 Å². The van der Waals surface area contributed by atoms with Crippen LogP contribution in [0.15, 0.2) is 12.1 Å². The second-order valence-electron chi connectivity index (χ2n) is 5.09. The van der Waals surface area contributed by atoms with E-state index in [0.717, 1.165) is 0 Å². The van der Waals surface area contributed by atoms with E-state index in [0.29, 0.717) is 35.5 Å². The number of aldehydes is 1. The molecule has 7 nitrogen and oxygen atoms in total. The van der Waals surface area contributed by atoms with Crippen LogP contribution in [0.4, 0.5) is 5.69 Å². The summed E-state index contributed by atoms with van der Waals surface area (Å²) < 4.78 is 15.8. The second-order valence-corrected chi connectivity index (χ2v) is 5.09. The van der Waals surface area contributed by atoms with Gasteiger partial charge in [0, 0.05) is 5.56 Å². The summed E-state index contributed by atoms with van der Waals surface area (Å²) in [6, 6.07) is 3.00. The van der Waals surface area contributed by atoms with Crippen LogP contribution in [0.2, 0.25) is 0 Å². The van der Waals surface area contributed by atoms with Crippen LogP contribution in [-0.4, -0.2) is 44.5 Å². The first-order valence-electron chi connectivity index (χ1n) is 7.32. The molecule has 1 aliphatic rings. The highest BCUT2D eigenvalue weighted by Crippen LogP contribution is 2.42. The molecule has 23 heavy (non-hydrogen) atoms. The number of rotatable bonds is 6. The largest absolute Gasteiger partial charge is 0.493 e. The molecule has 0 aromatic heterocycles. The van der Waals surface area contributed by atoms with Gasteiger partial charge in [0.25, 0.3) is 5.91 Å². The maximum atomic E-state index is 12.4. The lowest BCUT2D eigenvalue weighted by Gasteiger charge is -2.33. The van der Waals surface area contributed by atoms with E-state index in [-0.39, 0.29) is 19.1 Å². The van der Waals surface area contributed by atoms with Gasteiger partial charge in [-0.3, -0.25) is 19.3 Å². The number of fused-ring (bicyclic) bond motifs is 1. The molecule has 0 saturated heterocycles. The molecule has 0 aliphatic carbocycles. The molecule has 7 heteroatoms. The molecule has 1 atom stereocenters. The minimum atomic E-state index is -0.766. The van der Waals surface area contributed by atoms with Crippen LogP contribution >= 0.6 is 0 Å². The molecule has 0 spiro atoms. The number of anilines is 1. The van der Waals surface area contributed by atoms with Crippen molar-refractivity contribution in [3.05, 3.63) is 17.7 Å². The normalized spacial score (nSPS) is 16.4. The molecular weight excluding hydrogens is 302 g/mol. The van der Waals surface area contributed by atoms with E-state index in [4.69, 9.17) is 14.2 Å². The lowest BCUT2D eigenvalue weighted by atomic mass is 10.1. The Morgan fingerprint density at radius 3 is 2.78 bits per heavy atom. The minimum absolute atomic E-state index is 0.245. The van der Waals surface area contributed by atoms with E-state index < -0.39 is 12.1 Å². The number of hydrogen-bond donors (Lipinski definition) is 0. The molecule has 0 fully saturated rings. The third-order valence-corrected chi connectivity index (χ3v) is 3.37. The van der Waals surface area contributed by atoms with Crippen LogP contribution in [0.25, 0.3) is 0 Å². The Kier molecular flexibility index (Phi) is 5.20. The van der Waals surface area contributed by atoms with E-state index in [1.165, 1.54) is 24.1 Å². The van der Waals surface area contributed by atoms with Crippen molar-refractivity contribution < 1.29 is 28.6 Å². The average Bonchev–Trinajstić information content (AvgIpc) is 2.56. The van der Waals surface area contributed by atoms with Gasteiger partial charge in [0.15, 0.2) is 17.6 Å². The second kappa shape index (κ2) is 7.13. The maximum Gasteiger partial charge on any atom is 0.326 e. The first-order chi connectivity index (χ1) is 11.0. The summed E-state index contributed by atoms with van der Waals surface area (Å²) in [5.41, 5.74) is 0.640. The van der Waals surface area contributed by atoms with Crippen LogP contribution in [-0.2, 0) is 14.3 Å². The predicted molar refractivity (Wildman–Crippen MR) is 82.1 cm³/mol. The van der Waals surface area contributed by atoms with Crippen molar-refractivity contribution in [2.75, 3.05) is 25.2 Å². The van der Waals surface area contributed by atoms with Crippen molar-refractivity contribution in [2.24, 2.45) is 0 Å². The minimum Gasteiger partial charge on any atom is -0.493 e. The molecule has 1 aliphatic heterocycles. The SMILES string of the molecule is CCCOC(=O)CN1C(=O)C(C)Oc2c(OC)cc(C=O)cc21. The number of amides is 1. The van der Waals surface area contributed by atoms with Gasteiger partial charge in [-0.1, -0.05) is 6.92 Å². The standard InChI is InChI=1S/C16H19NO6/c1-4-5-22-14(19)8-17-12-6-11(9-18)7-13(21-3)15(12)23-10(2)16(17)20/h6-7,9-10H,4-5,8H2,1-3H3. The van der Waals surface area contributed by atoms with Gasteiger partial charge in [0.05, 0.1) is 19.4 Å². The van der Waals surface area contributed by atoms with Gasteiger partial charge in [0.2, 0.25) is 0 Å². The zero-order valence-electron chi connectivity index (χ0n) is 13.3. The van der Waals surface area contributed by atoms with Gasteiger partial charge in [-0.25, -0.2) is 0 Å². The molecule has 1 aromatic rings. The van der Waals surface area contributed by atoms with E-state index in [1.807, 2.05) is 6.92 Å². The first kappa shape index (κ1) is 16.8. The third-order valence-electron chi connectivity index (χ3n) is 3.37. The molecule has 2 rings (SSSR count).